The number of hydrogen-bond donors (Lipinski definition) is 0. The molecule has 0 saturated heterocycles. The van der Waals surface area contributed by atoms with Gasteiger partial charge in [-0.2, -0.15) is 0 Å². The zero-order chi connectivity index (χ0) is 18.6. The van der Waals surface area contributed by atoms with E-state index < -0.39 is 0 Å². The average Bonchev–Trinajstić information content (AvgIpc) is 2.57. The number of aryl methyl sites for hydroxylation is 2. The normalized spacial score (nSPS) is 11.0. The topological polar surface area (TPSA) is 51.5 Å². The lowest BCUT2D eigenvalue weighted by Crippen LogP contribution is -2.38. The van der Waals surface area contributed by atoms with Crippen LogP contribution in [-0.4, -0.2) is 30.2 Å². The predicted octanol–water partition coefficient (Wildman–Crippen LogP) is 3.17. The first-order valence-electron chi connectivity index (χ1n) is 8.45. The minimum atomic E-state index is -0.142. The smallest absolute Gasteiger partial charge is 0.260 e. The minimum absolute atomic E-state index is 0.00708. The van der Waals surface area contributed by atoms with Crippen LogP contribution in [0.15, 0.2) is 41.3 Å². The fraction of sp³-hybridized carbons (Fsp3) is 0.400. The Kier molecular flexibility index (Phi) is 6.15. The number of aromatic nitrogens is 1. The molecule has 25 heavy (non-hydrogen) atoms. The van der Waals surface area contributed by atoms with E-state index in [1.54, 1.807) is 24.3 Å². The van der Waals surface area contributed by atoms with Crippen molar-refractivity contribution < 1.29 is 9.53 Å². The van der Waals surface area contributed by atoms with Crippen molar-refractivity contribution in [1.29, 1.82) is 0 Å². The molecule has 5 nitrogen and oxygen atoms in total. The molecule has 134 valence electrons. The van der Waals surface area contributed by atoms with Crippen molar-refractivity contribution in [3.8, 4) is 0 Å². The average molecular weight is 342 g/mol. The van der Waals surface area contributed by atoms with Crippen LogP contribution in [0.2, 0.25) is 0 Å². The molecule has 0 radical (unpaired) electrons. The van der Waals surface area contributed by atoms with Crippen LogP contribution < -0.4 is 10.5 Å². The first-order valence-corrected chi connectivity index (χ1v) is 8.45. The molecule has 0 N–H and O–H groups in total. The lowest BCUT2D eigenvalue weighted by molar-refractivity contribution is 0.0979. The van der Waals surface area contributed by atoms with E-state index in [1.165, 1.54) is 10.6 Å². The Hall–Kier alpha value is -2.40. The molecule has 0 bridgehead atoms. The van der Waals surface area contributed by atoms with Crippen molar-refractivity contribution in [3.05, 3.63) is 63.6 Å². The number of anilines is 1. The van der Waals surface area contributed by atoms with Gasteiger partial charge in [0.2, 0.25) is 0 Å². The van der Waals surface area contributed by atoms with E-state index in [2.05, 4.69) is 0 Å². The second kappa shape index (κ2) is 8.12. The third-order valence-corrected chi connectivity index (χ3v) is 4.13. The molecule has 0 fully saturated rings. The first kappa shape index (κ1) is 18.9. The highest BCUT2D eigenvalue weighted by molar-refractivity contribution is 6.06. The molecule has 1 heterocycles. The summed E-state index contributed by atoms with van der Waals surface area (Å²) >= 11 is 0. The molecule has 0 atom stereocenters. The third kappa shape index (κ3) is 4.37. The standard InChI is InChI=1S/C20H26N2O3/c1-14(2)22(18-12-15(3)6-7-16(18)4)20(24)17-8-9-19(23)21(13-17)10-11-25-5/h6-9,12-14H,10-11H2,1-5H3. The number of rotatable bonds is 6. The summed E-state index contributed by atoms with van der Waals surface area (Å²) in [6.07, 6.45) is 1.62. The largest absolute Gasteiger partial charge is 0.383 e. The molecule has 0 spiro atoms. The van der Waals surface area contributed by atoms with Crippen LogP contribution in [0.25, 0.3) is 0 Å². The molecule has 1 aromatic carbocycles. The lowest BCUT2D eigenvalue weighted by atomic mass is 10.1. The fourth-order valence-corrected chi connectivity index (χ4v) is 2.76. The van der Waals surface area contributed by atoms with Gasteiger partial charge in [-0.25, -0.2) is 0 Å². The zero-order valence-corrected chi connectivity index (χ0v) is 15.6. The van der Waals surface area contributed by atoms with E-state index >= 15 is 0 Å². The highest BCUT2D eigenvalue weighted by atomic mass is 16.5. The number of carbonyl (C=O) groups is 1. The van der Waals surface area contributed by atoms with Gasteiger partial charge in [0.05, 0.1) is 12.2 Å². The summed E-state index contributed by atoms with van der Waals surface area (Å²) < 4.78 is 6.54. The Morgan fingerprint density at radius 3 is 2.56 bits per heavy atom. The summed E-state index contributed by atoms with van der Waals surface area (Å²) in [4.78, 5) is 26.9. The van der Waals surface area contributed by atoms with Crippen molar-refractivity contribution >= 4 is 11.6 Å². The Balaban J connectivity index is 2.45. The van der Waals surface area contributed by atoms with Crippen molar-refractivity contribution in [2.24, 2.45) is 0 Å². The van der Waals surface area contributed by atoms with E-state index in [9.17, 15) is 9.59 Å². The van der Waals surface area contributed by atoms with Crippen molar-refractivity contribution in [1.82, 2.24) is 4.57 Å². The van der Waals surface area contributed by atoms with Gasteiger partial charge >= 0.3 is 0 Å². The monoisotopic (exact) mass is 342 g/mol. The van der Waals surface area contributed by atoms with Gasteiger partial charge in [0, 0.05) is 37.6 Å². The van der Waals surface area contributed by atoms with Crippen LogP contribution in [0.4, 0.5) is 5.69 Å². The quantitative estimate of drug-likeness (QED) is 0.810. The minimum Gasteiger partial charge on any atom is -0.383 e. The summed E-state index contributed by atoms with van der Waals surface area (Å²) in [6, 6.07) is 9.10. The zero-order valence-electron chi connectivity index (χ0n) is 15.6. The predicted molar refractivity (Wildman–Crippen MR) is 100 cm³/mol. The van der Waals surface area contributed by atoms with Gasteiger partial charge in [0.15, 0.2) is 0 Å². The number of carbonyl (C=O) groups excluding carboxylic acids is 1. The van der Waals surface area contributed by atoms with Crippen LogP contribution in [0, 0.1) is 13.8 Å². The van der Waals surface area contributed by atoms with Gasteiger partial charge < -0.3 is 14.2 Å². The van der Waals surface area contributed by atoms with E-state index in [1.807, 2.05) is 45.9 Å². The van der Waals surface area contributed by atoms with Crippen LogP contribution in [0.3, 0.4) is 0 Å². The Bertz CT molecular complexity index is 809. The van der Waals surface area contributed by atoms with E-state index in [0.717, 1.165) is 16.8 Å². The molecule has 0 aliphatic rings. The highest BCUT2D eigenvalue weighted by Gasteiger charge is 2.23. The van der Waals surface area contributed by atoms with Gasteiger partial charge in [0.25, 0.3) is 11.5 Å². The maximum absolute atomic E-state index is 13.2. The fourth-order valence-electron chi connectivity index (χ4n) is 2.76. The summed E-state index contributed by atoms with van der Waals surface area (Å²) in [6.45, 7) is 8.82. The van der Waals surface area contributed by atoms with Crippen molar-refractivity contribution in [3.63, 3.8) is 0 Å². The molecule has 0 unspecified atom stereocenters. The summed E-state index contributed by atoms with van der Waals surface area (Å²) in [5.41, 5.74) is 3.39. The number of hydrogen-bond acceptors (Lipinski definition) is 3. The number of amides is 1. The molecule has 5 heteroatoms. The number of pyridine rings is 1. The second-order valence-corrected chi connectivity index (χ2v) is 6.50. The SMILES string of the molecule is COCCn1cc(C(=O)N(c2cc(C)ccc2C)C(C)C)ccc1=O. The Morgan fingerprint density at radius 1 is 1.20 bits per heavy atom. The third-order valence-electron chi connectivity index (χ3n) is 4.13. The summed E-state index contributed by atoms with van der Waals surface area (Å²) in [7, 11) is 1.58. The molecular weight excluding hydrogens is 316 g/mol. The van der Waals surface area contributed by atoms with Crippen LogP contribution in [0.5, 0.6) is 0 Å². The maximum atomic E-state index is 13.2. The molecule has 0 saturated carbocycles. The maximum Gasteiger partial charge on any atom is 0.260 e. The van der Waals surface area contributed by atoms with Gasteiger partial charge in [-0.3, -0.25) is 9.59 Å². The molecule has 1 aromatic heterocycles. The second-order valence-electron chi connectivity index (χ2n) is 6.50. The van der Waals surface area contributed by atoms with E-state index in [-0.39, 0.29) is 17.5 Å². The van der Waals surface area contributed by atoms with Crippen LogP contribution >= 0.6 is 0 Å². The number of nitrogens with zero attached hydrogens (tertiary/aromatic N) is 2. The van der Waals surface area contributed by atoms with Crippen LogP contribution in [-0.2, 0) is 11.3 Å². The summed E-state index contributed by atoms with van der Waals surface area (Å²) in [5, 5.41) is 0. The van der Waals surface area contributed by atoms with Gasteiger partial charge in [-0.05, 0) is 51.0 Å². The molecule has 2 rings (SSSR count). The Labute approximate surface area is 148 Å². The van der Waals surface area contributed by atoms with Crippen molar-refractivity contribution in [2.75, 3.05) is 18.6 Å². The van der Waals surface area contributed by atoms with E-state index in [0.29, 0.717) is 18.7 Å². The molecule has 1 amide bonds. The number of methoxy groups -OCH3 is 1. The number of ether oxygens (including phenoxy) is 1. The highest BCUT2D eigenvalue weighted by Crippen LogP contribution is 2.25. The molecule has 0 aliphatic carbocycles. The van der Waals surface area contributed by atoms with Crippen LogP contribution in [0.1, 0.15) is 35.3 Å². The molecule has 2 aromatic rings. The number of benzene rings is 1. The molecule has 0 aliphatic heterocycles. The Morgan fingerprint density at radius 2 is 1.92 bits per heavy atom. The first-order chi connectivity index (χ1) is 11.8. The van der Waals surface area contributed by atoms with Gasteiger partial charge in [-0.15, -0.1) is 0 Å². The van der Waals surface area contributed by atoms with Gasteiger partial charge in [0.1, 0.15) is 0 Å². The van der Waals surface area contributed by atoms with E-state index in [4.69, 9.17) is 4.74 Å². The lowest BCUT2D eigenvalue weighted by Gasteiger charge is -2.29. The molecular formula is C20H26N2O3. The van der Waals surface area contributed by atoms with Crippen molar-refractivity contribution in [2.45, 2.75) is 40.3 Å². The van der Waals surface area contributed by atoms with Gasteiger partial charge in [-0.1, -0.05) is 12.1 Å². The summed E-state index contributed by atoms with van der Waals surface area (Å²) in [5.74, 6) is -0.116.